The summed E-state index contributed by atoms with van der Waals surface area (Å²) in [7, 11) is 0. The van der Waals surface area contributed by atoms with E-state index in [0.29, 0.717) is 11.3 Å². The smallest absolute Gasteiger partial charge is 0.270 e. The molecule has 0 fully saturated rings. The Morgan fingerprint density at radius 2 is 2.00 bits per heavy atom. The zero-order chi connectivity index (χ0) is 12.4. The first kappa shape index (κ1) is 11.2. The maximum Gasteiger partial charge on any atom is 0.270 e. The molecule has 2 aromatic rings. The highest BCUT2D eigenvalue weighted by atomic mass is 32.1. The summed E-state index contributed by atoms with van der Waals surface area (Å²) in [6.45, 7) is 0. The first-order valence-corrected chi connectivity index (χ1v) is 5.05. The highest BCUT2D eigenvalue weighted by molar-refractivity contribution is 7.71. The minimum atomic E-state index is -0.495. The van der Waals surface area contributed by atoms with Crippen LogP contribution in [0, 0.1) is 14.9 Å². The van der Waals surface area contributed by atoms with Gasteiger partial charge in [0.05, 0.1) is 10.6 Å². The number of nitro benzene ring substituents is 1. The molecule has 6 nitrogen and oxygen atoms in total. The Bertz CT molecular complexity index is 661. The molecule has 17 heavy (non-hydrogen) atoms. The summed E-state index contributed by atoms with van der Waals surface area (Å²) in [4.78, 5) is 26.5. The monoisotopic (exact) mass is 249 g/mol. The molecule has 0 aliphatic heterocycles. The van der Waals surface area contributed by atoms with Crippen molar-refractivity contribution in [3.63, 3.8) is 0 Å². The van der Waals surface area contributed by atoms with Gasteiger partial charge in [-0.15, -0.1) is 0 Å². The molecule has 0 saturated carbocycles. The molecule has 0 spiro atoms. The van der Waals surface area contributed by atoms with E-state index in [4.69, 9.17) is 12.2 Å². The molecular weight excluding hydrogens is 242 g/mol. The van der Waals surface area contributed by atoms with Crippen molar-refractivity contribution >= 4 is 17.9 Å². The van der Waals surface area contributed by atoms with Gasteiger partial charge >= 0.3 is 0 Å². The van der Waals surface area contributed by atoms with Crippen LogP contribution in [0.15, 0.2) is 35.1 Å². The second kappa shape index (κ2) is 4.30. The summed E-state index contributed by atoms with van der Waals surface area (Å²) < 4.78 is 0.180. The van der Waals surface area contributed by atoms with Crippen molar-refractivity contribution in [2.45, 2.75) is 0 Å². The minimum absolute atomic E-state index is 0.0397. The molecule has 0 amide bonds. The Balaban J connectivity index is 2.60. The SMILES string of the molecule is O=c1cc(-c2cccc([N+](=O)[O-])c2)[nH]c(=S)[nH]1. The van der Waals surface area contributed by atoms with Crippen LogP contribution in [0.25, 0.3) is 11.3 Å². The number of non-ortho nitro benzene ring substituents is 1. The molecule has 7 heteroatoms. The molecule has 1 aromatic carbocycles. The third-order valence-electron chi connectivity index (χ3n) is 2.13. The van der Waals surface area contributed by atoms with Crippen LogP contribution in [-0.2, 0) is 0 Å². The predicted molar refractivity (Wildman–Crippen MR) is 64.3 cm³/mol. The van der Waals surface area contributed by atoms with Crippen LogP contribution in [-0.4, -0.2) is 14.9 Å². The largest absolute Gasteiger partial charge is 0.332 e. The Kier molecular flexibility index (Phi) is 2.84. The molecule has 1 aromatic heterocycles. The van der Waals surface area contributed by atoms with Gasteiger partial charge in [0, 0.05) is 23.8 Å². The molecule has 2 N–H and O–H groups in total. The molecule has 86 valence electrons. The molecule has 0 aliphatic rings. The summed E-state index contributed by atoms with van der Waals surface area (Å²) in [6, 6.07) is 7.26. The van der Waals surface area contributed by atoms with Crippen molar-refractivity contribution < 1.29 is 4.92 Å². The van der Waals surface area contributed by atoms with Crippen molar-refractivity contribution in [1.29, 1.82) is 0 Å². The van der Waals surface area contributed by atoms with Crippen molar-refractivity contribution in [3.05, 3.63) is 55.6 Å². The summed E-state index contributed by atoms with van der Waals surface area (Å²) in [5.41, 5.74) is 0.594. The number of benzene rings is 1. The maximum atomic E-state index is 11.2. The Labute approximate surface area is 100 Å². The number of aromatic amines is 2. The van der Waals surface area contributed by atoms with Crippen LogP contribution in [0.4, 0.5) is 5.69 Å². The van der Waals surface area contributed by atoms with Crippen LogP contribution >= 0.6 is 12.2 Å². The standard InChI is InChI=1S/C10H7N3O3S/c14-9-5-8(11-10(17)12-9)6-2-1-3-7(4-6)13(15)16/h1-5H,(H2,11,12,14,17). The maximum absolute atomic E-state index is 11.2. The van der Waals surface area contributed by atoms with E-state index in [1.807, 2.05) is 0 Å². The predicted octanol–water partition coefficient (Wildman–Crippen LogP) is 2.01. The Morgan fingerprint density at radius 1 is 1.24 bits per heavy atom. The fraction of sp³-hybridized carbons (Fsp3) is 0. The summed E-state index contributed by atoms with van der Waals surface area (Å²) in [5.74, 6) is 0. The lowest BCUT2D eigenvalue weighted by atomic mass is 10.1. The number of nitrogens with one attached hydrogen (secondary N) is 2. The van der Waals surface area contributed by atoms with Gasteiger partial charge in [-0.25, -0.2) is 0 Å². The lowest BCUT2D eigenvalue weighted by Gasteiger charge is -2.00. The first-order valence-electron chi connectivity index (χ1n) is 4.65. The van der Waals surface area contributed by atoms with Crippen LogP contribution in [0.3, 0.4) is 0 Å². The van der Waals surface area contributed by atoms with Gasteiger partial charge in [-0.2, -0.15) is 0 Å². The summed E-state index contributed by atoms with van der Waals surface area (Å²) in [6.07, 6.45) is 0. The van der Waals surface area contributed by atoms with Gasteiger partial charge in [0.1, 0.15) is 0 Å². The van der Waals surface area contributed by atoms with Gasteiger partial charge in [0.2, 0.25) is 0 Å². The quantitative estimate of drug-likeness (QED) is 0.483. The van der Waals surface area contributed by atoms with Crippen LogP contribution < -0.4 is 5.56 Å². The van der Waals surface area contributed by atoms with Crippen LogP contribution in [0.2, 0.25) is 0 Å². The van der Waals surface area contributed by atoms with E-state index in [-0.39, 0.29) is 16.0 Å². The minimum Gasteiger partial charge on any atom is -0.332 e. The van der Waals surface area contributed by atoms with Crippen molar-refractivity contribution in [2.24, 2.45) is 0 Å². The zero-order valence-electron chi connectivity index (χ0n) is 8.47. The Hall–Kier alpha value is -2.28. The summed E-state index contributed by atoms with van der Waals surface area (Å²) in [5, 5.41) is 10.6. The average molecular weight is 249 g/mol. The lowest BCUT2D eigenvalue weighted by molar-refractivity contribution is -0.384. The molecule has 0 radical (unpaired) electrons. The third-order valence-corrected chi connectivity index (χ3v) is 2.33. The van der Waals surface area contributed by atoms with E-state index in [0.717, 1.165) is 0 Å². The zero-order valence-corrected chi connectivity index (χ0v) is 9.28. The molecule has 1 heterocycles. The first-order chi connectivity index (χ1) is 8.06. The normalized spacial score (nSPS) is 10.1. The van der Waals surface area contributed by atoms with Crippen molar-refractivity contribution in [2.75, 3.05) is 0 Å². The number of aromatic nitrogens is 2. The van der Waals surface area contributed by atoms with Crippen LogP contribution in [0.5, 0.6) is 0 Å². The van der Waals surface area contributed by atoms with E-state index in [1.54, 1.807) is 12.1 Å². The van der Waals surface area contributed by atoms with Crippen molar-refractivity contribution in [3.8, 4) is 11.3 Å². The number of hydrogen-bond donors (Lipinski definition) is 2. The highest BCUT2D eigenvalue weighted by Gasteiger charge is 2.07. The number of nitro groups is 1. The van der Waals surface area contributed by atoms with Gasteiger partial charge in [-0.3, -0.25) is 19.9 Å². The molecule has 0 unspecified atom stereocenters. The second-order valence-electron chi connectivity index (χ2n) is 3.31. The van der Waals surface area contributed by atoms with Gasteiger partial charge in [-0.05, 0) is 12.2 Å². The molecule has 0 bridgehead atoms. The lowest BCUT2D eigenvalue weighted by Crippen LogP contribution is -2.06. The van der Waals surface area contributed by atoms with E-state index < -0.39 is 4.92 Å². The number of nitrogens with zero attached hydrogens (tertiary/aromatic N) is 1. The van der Waals surface area contributed by atoms with Gasteiger partial charge in [-0.1, -0.05) is 12.1 Å². The van der Waals surface area contributed by atoms with E-state index in [1.165, 1.54) is 18.2 Å². The van der Waals surface area contributed by atoms with E-state index in [2.05, 4.69) is 9.97 Å². The average Bonchev–Trinajstić information content (AvgIpc) is 2.28. The number of rotatable bonds is 2. The fourth-order valence-electron chi connectivity index (χ4n) is 1.41. The Morgan fingerprint density at radius 3 is 2.65 bits per heavy atom. The van der Waals surface area contributed by atoms with E-state index >= 15 is 0 Å². The van der Waals surface area contributed by atoms with Gasteiger partial charge in [0.25, 0.3) is 11.2 Å². The third kappa shape index (κ3) is 2.45. The van der Waals surface area contributed by atoms with E-state index in [9.17, 15) is 14.9 Å². The molecule has 0 aliphatic carbocycles. The van der Waals surface area contributed by atoms with Crippen LogP contribution in [0.1, 0.15) is 0 Å². The van der Waals surface area contributed by atoms with Gasteiger partial charge < -0.3 is 4.98 Å². The number of hydrogen-bond acceptors (Lipinski definition) is 4. The molecule has 0 saturated heterocycles. The highest BCUT2D eigenvalue weighted by Crippen LogP contribution is 2.20. The van der Waals surface area contributed by atoms with Crippen molar-refractivity contribution in [1.82, 2.24) is 9.97 Å². The molecule has 2 rings (SSSR count). The second-order valence-corrected chi connectivity index (χ2v) is 3.72. The van der Waals surface area contributed by atoms with Gasteiger partial charge in [0.15, 0.2) is 4.77 Å². The molecule has 0 atom stereocenters. The molecular formula is C10H7N3O3S. The number of H-pyrrole nitrogens is 2. The summed E-state index contributed by atoms with van der Waals surface area (Å²) >= 11 is 4.83. The topological polar surface area (TPSA) is 91.8 Å². The fourth-order valence-corrected chi connectivity index (χ4v) is 1.62.